The van der Waals surface area contributed by atoms with Crippen molar-refractivity contribution in [3.8, 4) is 6.07 Å². The number of hydrogen-bond donors (Lipinski definition) is 1. The van der Waals surface area contributed by atoms with Gasteiger partial charge in [-0.1, -0.05) is 52.9 Å². The van der Waals surface area contributed by atoms with Crippen LogP contribution in [0.15, 0.2) is 0 Å². The van der Waals surface area contributed by atoms with Gasteiger partial charge in [-0.15, -0.1) is 0 Å². The van der Waals surface area contributed by atoms with Crippen molar-refractivity contribution < 1.29 is 4.79 Å². The van der Waals surface area contributed by atoms with Gasteiger partial charge in [0, 0.05) is 6.54 Å². The molecule has 1 N–H and O–H groups in total. The maximum atomic E-state index is 12.0. The minimum absolute atomic E-state index is 0.0939. The molecule has 0 saturated heterocycles. The Morgan fingerprint density at radius 2 is 1.61 bits per heavy atom. The van der Waals surface area contributed by atoms with Crippen LogP contribution in [0.2, 0.25) is 0 Å². The first-order valence-electron chi connectivity index (χ1n) is 7.36. The molecule has 0 rings (SSSR count). The third-order valence-corrected chi connectivity index (χ3v) is 3.67. The summed E-state index contributed by atoms with van der Waals surface area (Å²) in [5, 5.41) is 12.0. The molecule has 0 aliphatic rings. The van der Waals surface area contributed by atoms with E-state index in [9.17, 15) is 4.79 Å². The predicted octanol–water partition coefficient (Wildman–Crippen LogP) is 3.79. The topological polar surface area (TPSA) is 52.9 Å². The van der Waals surface area contributed by atoms with Crippen LogP contribution in [0, 0.1) is 16.7 Å². The van der Waals surface area contributed by atoms with Crippen LogP contribution in [-0.2, 0) is 4.79 Å². The van der Waals surface area contributed by atoms with Crippen LogP contribution in [0.4, 0.5) is 0 Å². The largest absolute Gasteiger partial charge is 0.355 e. The predicted molar refractivity (Wildman–Crippen MR) is 75.0 cm³/mol. The summed E-state index contributed by atoms with van der Waals surface area (Å²) in [6, 6.07) is 2.17. The molecule has 0 heterocycles. The molecule has 1 amide bonds. The van der Waals surface area contributed by atoms with Gasteiger partial charge in [0.2, 0.25) is 5.91 Å². The van der Waals surface area contributed by atoms with E-state index in [4.69, 9.17) is 5.26 Å². The SMILES string of the molecule is CCCCCCCCNC(=O)C(C#N)(CC)CC. The maximum Gasteiger partial charge on any atom is 0.240 e. The summed E-state index contributed by atoms with van der Waals surface area (Å²) in [5.41, 5.74) is -0.817. The van der Waals surface area contributed by atoms with Crippen LogP contribution in [-0.4, -0.2) is 12.5 Å². The Morgan fingerprint density at radius 3 is 2.11 bits per heavy atom. The van der Waals surface area contributed by atoms with Crippen LogP contribution in [0.5, 0.6) is 0 Å². The van der Waals surface area contributed by atoms with E-state index in [0.717, 1.165) is 12.8 Å². The molecule has 0 aliphatic carbocycles. The number of rotatable bonds is 10. The average molecular weight is 252 g/mol. The Morgan fingerprint density at radius 1 is 1.06 bits per heavy atom. The van der Waals surface area contributed by atoms with Crippen molar-refractivity contribution in [1.29, 1.82) is 5.26 Å². The summed E-state index contributed by atoms with van der Waals surface area (Å²) in [5.74, 6) is -0.0939. The van der Waals surface area contributed by atoms with E-state index in [0.29, 0.717) is 19.4 Å². The van der Waals surface area contributed by atoms with Gasteiger partial charge in [0.1, 0.15) is 5.41 Å². The van der Waals surface area contributed by atoms with Gasteiger partial charge in [-0.05, 0) is 19.3 Å². The van der Waals surface area contributed by atoms with Crippen LogP contribution >= 0.6 is 0 Å². The summed E-state index contributed by atoms with van der Waals surface area (Å²) < 4.78 is 0. The fraction of sp³-hybridized carbons (Fsp3) is 0.867. The third kappa shape index (κ3) is 5.53. The number of nitriles is 1. The number of carbonyl (C=O) groups excluding carboxylic acids is 1. The molecule has 0 fully saturated rings. The second kappa shape index (κ2) is 9.94. The van der Waals surface area contributed by atoms with E-state index in [1.54, 1.807) is 0 Å². The highest BCUT2D eigenvalue weighted by atomic mass is 16.2. The first kappa shape index (κ1) is 17.0. The fourth-order valence-electron chi connectivity index (χ4n) is 2.06. The van der Waals surface area contributed by atoms with Gasteiger partial charge in [-0.3, -0.25) is 4.79 Å². The molecule has 3 nitrogen and oxygen atoms in total. The van der Waals surface area contributed by atoms with Crippen molar-refractivity contribution in [3.05, 3.63) is 0 Å². The second-order valence-electron chi connectivity index (χ2n) is 4.92. The van der Waals surface area contributed by atoms with E-state index in [2.05, 4.69) is 18.3 Å². The van der Waals surface area contributed by atoms with Gasteiger partial charge < -0.3 is 5.32 Å². The molecular formula is C15H28N2O. The van der Waals surface area contributed by atoms with E-state index >= 15 is 0 Å². The molecule has 0 aliphatic heterocycles. The van der Waals surface area contributed by atoms with E-state index in [-0.39, 0.29) is 5.91 Å². The Balaban J connectivity index is 3.80. The molecule has 0 spiro atoms. The Bertz CT molecular complexity index is 264. The smallest absolute Gasteiger partial charge is 0.240 e. The zero-order valence-electron chi connectivity index (χ0n) is 12.2. The molecular weight excluding hydrogens is 224 g/mol. The first-order valence-corrected chi connectivity index (χ1v) is 7.36. The lowest BCUT2D eigenvalue weighted by Gasteiger charge is -2.22. The Hall–Kier alpha value is -1.04. The molecule has 3 heteroatoms. The number of unbranched alkanes of at least 4 members (excludes halogenated alkanes) is 5. The number of carbonyl (C=O) groups is 1. The summed E-state index contributed by atoms with van der Waals surface area (Å²) in [7, 11) is 0. The fourth-order valence-corrected chi connectivity index (χ4v) is 2.06. The number of amides is 1. The van der Waals surface area contributed by atoms with Crippen molar-refractivity contribution in [2.75, 3.05) is 6.54 Å². The minimum Gasteiger partial charge on any atom is -0.355 e. The summed E-state index contributed by atoms with van der Waals surface area (Å²) >= 11 is 0. The Kier molecular flexibility index (Phi) is 9.36. The lowest BCUT2D eigenvalue weighted by Crippen LogP contribution is -2.39. The van der Waals surface area contributed by atoms with Gasteiger partial charge in [0.15, 0.2) is 0 Å². The molecule has 0 unspecified atom stereocenters. The van der Waals surface area contributed by atoms with Crippen LogP contribution in [0.3, 0.4) is 0 Å². The highest BCUT2D eigenvalue weighted by molar-refractivity contribution is 5.85. The van der Waals surface area contributed by atoms with Gasteiger partial charge in [-0.25, -0.2) is 0 Å². The highest BCUT2D eigenvalue weighted by Crippen LogP contribution is 2.25. The monoisotopic (exact) mass is 252 g/mol. The van der Waals surface area contributed by atoms with Crippen molar-refractivity contribution in [1.82, 2.24) is 5.32 Å². The van der Waals surface area contributed by atoms with Crippen molar-refractivity contribution in [2.24, 2.45) is 5.41 Å². The lowest BCUT2D eigenvalue weighted by molar-refractivity contribution is -0.128. The second-order valence-corrected chi connectivity index (χ2v) is 4.92. The van der Waals surface area contributed by atoms with Crippen molar-refractivity contribution in [2.45, 2.75) is 72.1 Å². The van der Waals surface area contributed by atoms with E-state index < -0.39 is 5.41 Å². The molecule has 18 heavy (non-hydrogen) atoms. The standard InChI is InChI=1S/C15H28N2O/c1-4-7-8-9-10-11-12-17-14(18)15(5-2,6-3)13-16/h4-12H2,1-3H3,(H,17,18). The summed E-state index contributed by atoms with van der Waals surface area (Å²) in [6.07, 6.45) is 8.45. The van der Waals surface area contributed by atoms with E-state index in [1.807, 2.05) is 13.8 Å². The zero-order valence-corrected chi connectivity index (χ0v) is 12.2. The summed E-state index contributed by atoms with van der Waals surface area (Å²) in [6.45, 7) is 6.71. The Labute approximate surface area is 112 Å². The normalized spacial score (nSPS) is 11.0. The first-order chi connectivity index (χ1) is 8.66. The maximum absolute atomic E-state index is 12.0. The molecule has 0 radical (unpaired) electrons. The molecule has 0 aromatic heterocycles. The number of hydrogen-bond acceptors (Lipinski definition) is 2. The van der Waals surface area contributed by atoms with E-state index in [1.165, 1.54) is 25.7 Å². The molecule has 0 atom stereocenters. The van der Waals surface area contributed by atoms with Crippen molar-refractivity contribution >= 4 is 5.91 Å². The van der Waals surface area contributed by atoms with Gasteiger partial charge in [0.05, 0.1) is 6.07 Å². The highest BCUT2D eigenvalue weighted by Gasteiger charge is 2.34. The third-order valence-electron chi connectivity index (χ3n) is 3.67. The number of nitrogens with zero attached hydrogens (tertiary/aromatic N) is 1. The van der Waals surface area contributed by atoms with Crippen molar-refractivity contribution in [3.63, 3.8) is 0 Å². The minimum atomic E-state index is -0.817. The molecule has 0 aromatic carbocycles. The zero-order chi connectivity index (χ0) is 13.9. The molecule has 104 valence electrons. The molecule has 0 saturated carbocycles. The van der Waals surface area contributed by atoms with Gasteiger partial charge in [-0.2, -0.15) is 5.26 Å². The van der Waals surface area contributed by atoms with Crippen LogP contribution in [0.1, 0.15) is 72.1 Å². The lowest BCUT2D eigenvalue weighted by atomic mass is 9.83. The number of nitrogens with one attached hydrogen (secondary N) is 1. The van der Waals surface area contributed by atoms with Gasteiger partial charge >= 0.3 is 0 Å². The molecule has 0 bridgehead atoms. The van der Waals surface area contributed by atoms with Crippen LogP contribution < -0.4 is 5.32 Å². The van der Waals surface area contributed by atoms with Gasteiger partial charge in [0.25, 0.3) is 0 Å². The quantitative estimate of drug-likeness (QED) is 0.601. The summed E-state index contributed by atoms with van der Waals surface area (Å²) in [4.78, 5) is 12.0. The average Bonchev–Trinajstić information content (AvgIpc) is 2.40. The molecule has 0 aromatic rings. The van der Waals surface area contributed by atoms with Crippen LogP contribution in [0.25, 0.3) is 0 Å².